The lowest BCUT2D eigenvalue weighted by molar-refractivity contribution is -0.122. The van der Waals surface area contributed by atoms with Gasteiger partial charge in [0.1, 0.15) is 6.10 Å². The quantitative estimate of drug-likeness (QED) is 0.699. The lowest BCUT2D eigenvalue weighted by Gasteiger charge is -2.07. The number of rotatable bonds is 5. The number of benzene rings is 1. The van der Waals surface area contributed by atoms with E-state index in [0.29, 0.717) is 13.0 Å². The van der Waals surface area contributed by atoms with Gasteiger partial charge in [-0.3, -0.25) is 4.79 Å². The molecular weight excluding hydrogens is 190 g/mol. The van der Waals surface area contributed by atoms with Crippen molar-refractivity contribution in [2.24, 2.45) is 5.73 Å². The van der Waals surface area contributed by atoms with E-state index in [4.69, 9.17) is 5.73 Å². The van der Waals surface area contributed by atoms with Gasteiger partial charge in [0.15, 0.2) is 5.78 Å². The van der Waals surface area contributed by atoms with Gasteiger partial charge >= 0.3 is 0 Å². The van der Waals surface area contributed by atoms with E-state index in [1.807, 2.05) is 24.3 Å². The van der Waals surface area contributed by atoms with Crippen LogP contribution in [0.25, 0.3) is 0 Å². The molecule has 0 aliphatic heterocycles. The molecule has 0 fully saturated rings. The van der Waals surface area contributed by atoms with Crippen molar-refractivity contribution in [1.29, 1.82) is 0 Å². The van der Waals surface area contributed by atoms with Crippen LogP contribution in [0.1, 0.15) is 11.1 Å². The average molecular weight is 205 g/mol. The third-order valence-corrected chi connectivity index (χ3v) is 2.19. The molecule has 0 bridgehead atoms. The number of aliphatic hydroxyl groups excluding tert-OH is 1. The molecule has 80 valence electrons. The Hall–Kier alpha value is -1.45. The molecular formula is C12H15NO2. The topological polar surface area (TPSA) is 63.3 Å². The molecule has 0 spiro atoms. The van der Waals surface area contributed by atoms with Crippen LogP contribution in [0.5, 0.6) is 0 Å². The summed E-state index contributed by atoms with van der Waals surface area (Å²) in [7, 11) is 0. The second kappa shape index (κ2) is 5.44. The summed E-state index contributed by atoms with van der Waals surface area (Å²) < 4.78 is 0. The van der Waals surface area contributed by atoms with E-state index in [2.05, 4.69) is 6.58 Å². The lowest BCUT2D eigenvalue weighted by Crippen LogP contribution is -2.20. The number of carbonyl (C=O) groups is 1. The van der Waals surface area contributed by atoms with Crippen LogP contribution in [0.15, 0.2) is 36.9 Å². The van der Waals surface area contributed by atoms with Crippen molar-refractivity contribution in [3.63, 3.8) is 0 Å². The predicted molar refractivity (Wildman–Crippen MR) is 59.2 cm³/mol. The summed E-state index contributed by atoms with van der Waals surface area (Å²) in [6, 6.07) is 7.52. The van der Waals surface area contributed by atoms with Gasteiger partial charge in [0, 0.05) is 13.0 Å². The van der Waals surface area contributed by atoms with Gasteiger partial charge in [0.2, 0.25) is 0 Å². The zero-order valence-electron chi connectivity index (χ0n) is 8.52. The molecule has 0 saturated heterocycles. The maximum Gasteiger partial charge on any atom is 0.183 e. The van der Waals surface area contributed by atoms with Gasteiger partial charge in [0.05, 0.1) is 0 Å². The van der Waals surface area contributed by atoms with Crippen molar-refractivity contribution in [2.75, 3.05) is 0 Å². The molecule has 0 amide bonds. The zero-order valence-corrected chi connectivity index (χ0v) is 8.52. The summed E-state index contributed by atoms with van der Waals surface area (Å²) in [5.74, 6) is -0.354. The smallest absolute Gasteiger partial charge is 0.183 e. The van der Waals surface area contributed by atoms with Crippen molar-refractivity contribution < 1.29 is 9.90 Å². The molecule has 1 atom stereocenters. The van der Waals surface area contributed by atoms with Crippen LogP contribution >= 0.6 is 0 Å². The largest absolute Gasteiger partial charge is 0.385 e. The Morgan fingerprint density at radius 2 is 2.20 bits per heavy atom. The molecule has 3 nitrogen and oxygen atoms in total. The third kappa shape index (κ3) is 3.31. The fourth-order valence-corrected chi connectivity index (χ4v) is 1.34. The molecule has 1 unspecified atom stereocenters. The van der Waals surface area contributed by atoms with Crippen molar-refractivity contribution in [3.05, 3.63) is 48.0 Å². The van der Waals surface area contributed by atoms with Crippen LogP contribution in [0.2, 0.25) is 0 Å². The Kier molecular flexibility index (Phi) is 4.21. The number of hydrogen-bond acceptors (Lipinski definition) is 3. The maximum atomic E-state index is 11.1. The second-order valence-corrected chi connectivity index (χ2v) is 3.35. The van der Waals surface area contributed by atoms with Crippen molar-refractivity contribution in [2.45, 2.75) is 19.1 Å². The normalized spacial score (nSPS) is 12.1. The minimum atomic E-state index is -1.00. The van der Waals surface area contributed by atoms with Gasteiger partial charge in [-0.25, -0.2) is 0 Å². The van der Waals surface area contributed by atoms with Crippen molar-refractivity contribution >= 4 is 5.78 Å². The summed E-state index contributed by atoms with van der Waals surface area (Å²) in [6.45, 7) is 3.79. The SMILES string of the molecule is C=CC(=O)C(O)Cc1cccc(CN)c1. The third-order valence-electron chi connectivity index (χ3n) is 2.19. The highest BCUT2D eigenvalue weighted by molar-refractivity contribution is 5.92. The molecule has 1 rings (SSSR count). The summed E-state index contributed by atoms with van der Waals surface area (Å²) in [6.07, 6.45) is 0.436. The Balaban J connectivity index is 2.71. The van der Waals surface area contributed by atoms with Gasteiger partial charge < -0.3 is 10.8 Å². The van der Waals surface area contributed by atoms with Crippen molar-refractivity contribution in [3.8, 4) is 0 Å². The Bertz CT molecular complexity index is 360. The summed E-state index contributed by atoms with van der Waals surface area (Å²) >= 11 is 0. The summed E-state index contributed by atoms with van der Waals surface area (Å²) in [4.78, 5) is 11.1. The fraction of sp³-hybridized carbons (Fsp3) is 0.250. The first-order valence-corrected chi connectivity index (χ1v) is 4.79. The van der Waals surface area contributed by atoms with Gasteiger partial charge in [-0.1, -0.05) is 30.8 Å². The van der Waals surface area contributed by atoms with E-state index >= 15 is 0 Å². The molecule has 0 aliphatic rings. The number of aliphatic hydroxyl groups is 1. The minimum Gasteiger partial charge on any atom is -0.385 e. The molecule has 1 aromatic carbocycles. The van der Waals surface area contributed by atoms with E-state index in [1.54, 1.807) is 0 Å². The highest BCUT2D eigenvalue weighted by Gasteiger charge is 2.11. The van der Waals surface area contributed by atoms with Gasteiger partial charge in [-0.2, -0.15) is 0 Å². The van der Waals surface area contributed by atoms with E-state index in [1.165, 1.54) is 0 Å². The van der Waals surface area contributed by atoms with Gasteiger partial charge in [-0.15, -0.1) is 0 Å². The highest BCUT2D eigenvalue weighted by atomic mass is 16.3. The van der Waals surface area contributed by atoms with Gasteiger partial charge in [-0.05, 0) is 17.2 Å². The first-order chi connectivity index (χ1) is 7.17. The molecule has 3 heteroatoms. The Morgan fingerprint density at radius 1 is 1.53 bits per heavy atom. The number of nitrogens with two attached hydrogens (primary N) is 1. The molecule has 0 aliphatic carbocycles. The minimum absolute atomic E-state index is 0.304. The molecule has 1 aromatic rings. The number of hydrogen-bond donors (Lipinski definition) is 2. The van der Waals surface area contributed by atoms with Crippen molar-refractivity contribution in [1.82, 2.24) is 0 Å². The van der Waals surface area contributed by atoms with Crippen LogP contribution in [0.3, 0.4) is 0 Å². The molecule has 15 heavy (non-hydrogen) atoms. The van der Waals surface area contributed by atoms with Crippen LogP contribution in [-0.2, 0) is 17.8 Å². The predicted octanol–water partition coefficient (Wildman–Crippen LogP) is 0.804. The summed E-state index contributed by atoms with van der Waals surface area (Å²) in [5, 5.41) is 9.48. The Labute approximate surface area is 89.2 Å². The first kappa shape index (κ1) is 11.6. The zero-order chi connectivity index (χ0) is 11.3. The molecule has 3 N–H and O–H groups in total. The van der Waals surface area contributed by atoms with Crippen LogP contribution in [0, 0.1) is 0 Å². The Morgan fingerprint density at radius 3 is 2.80 bits per heavy atom. The second-order valence-electron chi connectivity index (χ2n) is 3.35. The molecule has 0 aromatic heterocycles. The van der Waals surface area contributed by atoms with E-state index in [9.17, 15) is 9.90 Å². The average Bonchev–Trinajstić information content (AvgIpc) is 2.28. The molecule has 0 radical (unpaired) electrons. The standard InChI is InChI=1S/C12H15NO2/c1-2-11(14)12(15)7-9-4-3-5-10(6-9)8-13/h2-6,12,15H,1,7-8,13H2. The van der Waals surface area contributed by atoms with Gasteiger partial charge in [0.25, 0.3) is 0 Å². The lowest BCUT2D eigenvalue weighted by atomic mass is 10.0. The van der Waals surface area contributed by atoms with E-state index in [0.717, 1.165) is 17.2 Å². The van der Waals surface area contributed by atoms with E-state index < -0.39 is 6.10 Å². The molecule has 0 heterocycles. The number of carbonyl (C=O) groups excluding carboxylic acids is 1. The fourth-order valence-electron chi connectivity index (χ4n) is 1.34. The monoisotopic (exact) mass is 205 g/mol. The van der Waals surface area contributed by atoms with Crippen LogP contribution in [-0.4, -0.2) is 17.0 Å². The first-order valence-electron chi connectivity index (χ1n) is 4.79. The summed E-state index contributed by atoms with van der Waals surface area (Å²) in [5.41, 5.74) is 7.38. The highest BCUT2D eigenvalue weighted by Crippen LogP contribution is 2.08. The van der Waals surface area contributed by atoms with Crippen LogP contribution < -0.4 is 5.73 Å². The molecule has 0 saturated carbocycles. The van der Waals surface area contributed by atoms with E-state index in [-0.39, 0.29) is 5.78 Å². The maximum absolute atomic E-state index is 11.1. The number of ketones is 1. The van der Waals surface area contributed by atoms with Crippen LogP contribution in [0.4, 0.5) is 0 Å².